The number of fused-ring (bicyclic) bond motifs is 3. The maximum Gasteiger partial charge on any atom is 0.333 e. The van der Waals surface area contributed by atoms with Crippen molar-refractivity contribution in [1.82, 2.24) is 20.6 Å². The molecule has 3 aromatic rings. The Kier molecular flexibility index (Phi) is 4.89. The molecule has 3 N–H and O–H groups in total. The highest BCUT2D eigenvalue weighted by molar-refractivity contribution is 7.17. The Morgan fingerprint density at radius 3 is 2.71 bits per heavy atom. The van der Waals surface area contributed by atoms with Crippen LogP contribution in [-0.4, -0.2) is 59.1 Å². The van der Waals surface area contributed by atoms with Crippen LogP contribution in [0.1, 0.15) is 32.5 Å². The molecule has 0 spiro atoms. The van der Waals surface area contributed by atoms with Gasteiger partial charge in [0.15, 0.2) is 11.6 Å². The Morgan fingerprint density at radius 1 is 1.16 bits per heavy atom. The maximum absolute atomic E-state index is 13.4. The number of aromatic nitrogens is 2. The number of amides is 2. The topological polar surface area (TPSA) is 116 Å². The second-order valence-corrected chi connectivity index (χ2v) is 8.35. The van der Waals surface area contributed by atoms with Crippen molar-refractivity contribution in [3.8, 4) is 21.8 Å². The molecule has 2 aromatic heterocycles. The van der Waals surface area contributed by atoms with Crippen LogP contribution >= 0.6 is 11.3 Å². The van der Waals surface area contributed by atoms with E-state index in [2.05, 4.69) is 20.9 Å². The number of Topliss-reactive ketones (excluding diaryl/α,β-unsaturated/α-hetero) is 1. The van der Waals surface area contributed by atoms with Gasteiger partial charge in [-0.2, -0.15) is 5.10 Å². The minimum absolute atomic E-state index is 0.0280. The Labute approximate surface area is 181 Å². The number of carbonyl (C=O) groups is 3. The normalized spacial score (nSPS) is 15.5. The zero-order chi connectivity index (χ0) is 21.5. The molecule has 0 saturated carbocycles. The number of ether oxygens (including phenoxy) is 1. The van der Waals surface area contributed by atoms with Crippen LogP contribution in [0.15, 0.2) is 30.3 Å². The van der Waals surface area contributed by atoms with Gasteiger partial charge in [-0.3, -0.25) is 20.1 Å². The predicted octanol–water partition coefficient (Wildman–Crippen LogP) is 2.92. The molecule has 1 saturated heterocycles. The van der Waals surface area contributed by atoms with Crippen molar-refractivity contribution in [3.05, 3.63) is 46.3 Å². The van der Waals surface area contributed by atoms with E-state index in [1.165, 1.54) is 18.3 Å². The van der Waals surface area contributed by atoms with Gasteiger partial charge in [-0.15, -0.1) is 11.3 Å². The minimum atomic E-state index is -0.418. The van der Waals surface area contributed by atoms with Gasteiger partial charge in [0.25, 0.3) is 0 Å². The van der Waals surface area contributed by atoms with Gasteiger partial charge in [0, 0.05) is 18.7 Å². The van der Waals surface area contributed by atoms with Crippen molar-refractivity contribution < 1.29 is 19.1 Å². The molecule has 158 valence electrons. The first-order valence-corrected chi connectivity index (χ1v) is 10.6. The third-order valence-electron chi connectivity index (χ3n) is 5.26. The quantitative estimate of drug-likeness (QED) is 0.423. The number of hydrogen-bond acceptors (Lipinski definition) is 7. The van der Waals surface area contributed by atoms with Crippen molar-refractivity contribution in [2.24, 2.45) is 0 Å². The maximum atomic E-state index is 13.4. The van der Waals surface area contributed by atoms with E-state index in [-0.39, 0.29) is 11.6 Å². The number of aromatic amines is 1. The van der Waals surface area contributed by atoms with Gasteiger partial charge < -0.3 is 10.1 Å². The molecule has 9 nitrogen and oxygen atoms in total. The molecule has 0 bridgehead atoms. The highest BCUT2D eigenvalue weighted by Crippen LogP contribution is 2.44. The smallest absolute Gasteiger partial charge is 0.333 e. The summed E-state index contributed by atoms with van der Waals surface area (Å²) in [5.74, 6) is -0.242. The summed E-state index contributed by atoms with van der Waals surface area (Å²) in [5.41, 5.74) is 5.86. The van der Waals surface area contributed by atoms with Crippen molar-refractivity contribution >= 4 is 34.6 Å². The van der Waals surface area contributed by atoms with Gasteiger partial charge in [0.05, 0.1) is 45.5 Å². The molecule has 5 rings (SSSR count). The van der Waals surface area contributed by atoms with Crippen LogP contribution in [0.3, 0.4) is 0 Å². The van der Waals surface area contributed by atoms with E-state index >= 15 is 0 Å². The first-order valence-electron chi connectivity index (χ1n) is 9.81. The number of benzene rings is 1. The summed E-state index contributed by atoms with van der Waals surface area (Å²) in [6.45, 7) is 3.81. The molecule has 3 heterocycles. The molecule has 0 atom stereocenters. The number of H-pyrrole nitrogens is 1. The van der Waals surface area contributed by atoms with Crippen LogP contribution in [-0.2, 0) is 4.74 Å². The van der Waals surface area contributed by atoms with Crippen molar-refractivity contribution in [3.63, 3.8) is 0 Å². The Morgan fingerprint density at radius 2 is 1.97 bits per heavy atom. The molecule has 1 fully saturated rings. The zero-order valence-electron chi connectivity index (χ0n) is 16.7. The summed E-state index contributed by atoms with van der Waals surface area (Å²) < 4.78 is 5.28. The Balaban J connectivity index is 1.43. The van der Waals surface area contributed by atoms with Crippen LogP contribution in [0.5, 0.6) is 0 Å². The molecule has 1 aromatic carbocycles. The Bertz CT molecular complexity index is 1210. The number of rotatable bonds is 4. The molecular formula is C21H19N5O4S. The molecule has 10 heteroatoms. The van der Waals surface area contributed by atoms with Crippen LogP contribution in [0.25, 0.3) is 21.8 Å². The lowest BCUT2D eigenvalue weighted by Gasteiger charge is -2.27. The number of hydrogen-bond donors (Lipinski definition) is 3. The fourth-order valence-corrected chi connectivity index (χ4v) is 4.69. The van der Waals surface area contributed by atoms with Gasteiger partial charge in [0.1, 0.15) is 5.69 Å². The zero-order valence-corrected chi connectivity index (χ0v) is 17.5. The number of hydrazine groups is 1. The van der Waals surface area contributed by atoms with Crippen molar-refractivity contribution in [2.75, 3.05) is 31.6 Å². The van der Waals surface area contributed by atoms with E-state index in [0.29, 0.717) is 64.9 Å². The van der Waals surface area contributed by atoms with Gasteiger partial charge in [0.2, 0.25) is 0 Å². The largest absolute Gasteiger partial charge is 0.379 e. The molecule has 2 aliphatic rings. The van der Waals surface area contributed by atoms with Gasteiger partial charge in [-0.05, 0) is 25.1 Å². The molecule has 0 unspecified atom stereocenters. The minimum Gasteiger partial charge on any atom is -0.379 e. The number of urea groups is 1. The third-order valence-corrected chi connectivity index (χ3v) is 6.46. The van der Waals surface area contributed by atoms with E-state index in [4.69, 9.17) is 4.74 Å². The lowest BCUT2D eigenvalue weighted by atomic mass is 10.1. The van der Waals surface area contributed by atoms with Crippen molar-refractivity contribution in [1.29, 1.82) is 0 Å². The van der Waals surface area contributed by atoms with Crippen LogP contribution < -0.4 is 10.7 Å². The summed E-state index contributed by atoms with van der Waals surface area (Å²) in [7, 11) is 0. The average Bonchev–Trinajstić information content (AvgIpc) is 3.46. The number of nitrogens with zero attached hydrogens (tertiary/aromatic N) is 2. The monoisotopic (exact) mass is 437 g/mol. The molecular weight excluding hydrogens is 418 g/mol. The van der Waals surface area contributed by atoms with Gasteiger partial charge in [-0.25, -0.2) is 9.80 Å². The fourth-order valence-electron chi connectivity index (χ4n) is 3.79. The van der Waals surface area contributed by atoms with Crippen LogP contribution in [0.2, 0.25) is 0 Å². The fraction of sp³-hybridized carbons (Fsp3) is 0.238. The summed E-state index contributed by atoms with van der Waals surface area (Å²) in [5, 5.41) is 11.9. The van der Waals surface area contributed by atoms with E-state index in [1.54, 1.807) is 29.3 Å². The second-order valence-electron chi connectivity index (χ2n) is 7.26. The number of nitrogens with one attached hydrogen (secondary N) is 3. The van der Waals surface area contributed by atoms with Crippen molar-refractivity contribution in [2.45, 2.75) is 6.92 Å². The first kappa shape index (κ1) is 19.6. The lowest BCUT2D eigenvalue weighted by Crippen LogP contribution is -2.49. The summed E-state index contributed by atoms with van der Waals surface area (Å²) in [4.78, 5) is 38.9. The summed E-state index contributed by atoms with van der Waals surface area (Å²) in [6.07, 6.45) is 0. The number of anilines is 1. The molecule has 0 radical (unpaired) electrons. The van der Waals surface area contributed by atoms with E-state index in [0.717, 1.165) is 4.88 Å². The Hall–Kier alpha value is -3.34. The van der Waals surface area contributed by atoms with E-state index in [9.17, 15) is 14.4 Å². The third kappa shape index (κ3) is 3.44. The van der Waals surface area contributed by atoms with E-state index < -0.39 is 6.03 Å². The number of morpholine rings is 1. The van der Waals surface area contributed by atoms with E-state index in [1.807, 2.05) is 6.07 Å². The standard InChI is InChI=1S/C21H19N5O4S/c1-11(27)14-5-6-15(31-14)19-17-18(23-24-19)12-3-2-4-13(16(12)20(17)28)22-21(29)25-26-7-9-30-10-8-26/h2-6H,7-10H2,1H3,(H,23,24)(H2,22,25,29). The molecule has 1 aliphatic heterocycles. The molecule has 2 amide bonds. The molecule has 31 heavy (non-hydrogen) atoms. The summed E-state index contributed by atoms with van der Waals surface area (Å²) >= 11 is 1.31. The molecule has 1 aliphatic carbocycles. The average molecular weight is 437 g/mol. The highest BCUT2D eigenvalue weighted by atomic mass is 32.1. The first-order chi connectivity index (χ1) is 15.0. The van der Waals surface area contributed by atoms with Crippen LogP contribution in [0.4, 0.5) is 10.5 Å². The summed E-state index contributed by atoms with van der Waals surface area (Å²) in [6, 6.07) is 8.41. The van der Waals surface area contributed by atoms with Gasteiger partial charge >= 0.3 is 6.03 Å². The number of thiophene rings is 1. The number of ketones is 2. The predicted molar refractivity (Wildman–Crippen MR) is 115 cm³/mol. The lowest BCUT2D eigenvalue weighted by molar-refractivity contribution is 0.0207. The number of carbonyl (C=O) groups excluding carboxylic acids is 3. The SMILES string of the molecule is CC(=O)c1ccc(-c2[nH]nc3c2C(=O)c2c(NC(=O)NN4CCOCC4)cccc2-3)s1. The highest BCUT2D eigenvalue weighted by Gasteiger charge is 2.35. The van der Waals surface area contributed by atoms with Crippen LogP contribution in [0, 0.1) is 0 Å². The van der Waals surface area contributed by atoms with Gasteiger partial charge in [-0.1, -0.05) is 12.1 Å². The second kappa shape index (κ2) is 7.73.